The number of benzene rings is 3. The highest BCUT2D eigenvalue weighted by atomic mass is 32.2. The number of carbonyl (C=O) groups is 1. The molecule has 0 aliphatic carbocycles. The van der Waals surface area contributed by atoms with Crippen LogP contribution in [0.2, 0.25) is 0 Å². The van der Waals surface area contributed by atoms with Gasteiger partial charge in [0.15, 0.2) is 0 Å². The van der Waals surface area contributed by atoms with Gasteiger partial charge >= 0.3 is 0 Å². The molecule has 1 N–H and O–H groups in total. The van der Waals surface area contributed by atoms with Gasteiger partial charge in [-0.1, -0.05) is 30.3 Å². The molecule has 0 spiro atoms. The van der Waals surface area contributed by atoms with E-state index in [-0.39, 0.29) is 11.4 Å². The van der Waals surface area contributed by atoms with E-state index in [0.29, 0.717) is 11.4 Å². The highest BCUT2D eigenvalue weighted by molar-refractivity contribution is 7.92. The third-order valence-electron chi connectivity index (χ3n) is 6.34. The first-order chi connectivity index (χ1) is 16.4. The number of hydrogen-bond acceptors (Lipinski definition) is 4. The summed E-state index contributed by atoms with van der Waals surface area (Å²) in [6, 6.07) is 21.4. The van der Waals surface area contributed by atoms with Gasteiger partial charge in [0.1, 0.15) is 6.54 Å². The van der Waals surface area contributed by atoms with Crippen LogP contribution in [0.1, 0.15) is 30.4 Å². The molecule has 7 heteroatoms. The number of sulfonamides is 1. The quantitative estimate of drug-likeness (QED) is 0.512. The van der Waals surface area contributed by atoms with E-state index in [2.05, 4.69) is 10.2 Å². The second-order valence-electron chi connectivity index (χ2n) is 8.69. The molecule has 0 radical (unpaired) electrons. The molecule has 1 saturated heterocycles. The maximum Gasteiger partial charge on any atom is 0.264 e. The smallest absolute Gasteiger partial charge is 0.264 e. The molecule has 0 unspecified atom stereocenters. The van der Waals surface area contributed by atoms with Crippen molar-refractivity contribution in [1.29, 1.82) is 0 Å². The first-order valence-electron chi connectivity index (χ1n) is 11.6. The zero-order valence-corrected chi connectivity index (χ0v) is 20.5. The molecule has 1 aliphatic heterocycles. The van der Waals surface area contributed by atoms with E-state index >= 15 is 0 Å². The lowest BCUT2D eigenvalue weighted by molar-refractivity contribution is -0.114. The number of nitrogens with zero attached hydrogens (tertiary/aromatic N) is 2. The van der Waals surface area contributed by atoms with E-state index < -0.39 is 15.9 Å². The van der Waals surface area contributed by atoms with Gasteiger partial charge in [-0.15, -0.1) is 0 Å². The average molecular weight is 478 g/mol. The lowest BCUT2D eigenvalue weighted by Gasteiger charge is -2.29. The number of nitrogens with one attached hydrogen (secondary N) is 1. The number of rotatable bonds is 7. The summed E-state index contributed by atoms with van der Waals surface area (Å²) in [4.78, 5) is 15.5. The van der Waals surface area contributed by atoms with Crippen LogP contribution < -0.4 is 14.5 Å². The number of amides is 1. The highest BCUT2D eigenvalue weighted by Gasteiger charge is 2.28. The Hall–Kier alpha value is -3.32. The SMILES string of the molecule is Cc1cccc(N(CC(=O)Nc2ccc(N3CCCCC3)cc2)S(=O)(=O)c2ccccc2)c1C. The standard InChI is InChI=1S/C27H31N3O3S/c1-21-10-9-13-26(22(21)2)30(34(32,33)25-11-5-3-6-12-25)20-27(31)28-23-14-16-24(17-15-23)29-18-7-4-8-19-29/h3,5-6,9-17H,4,7-8,18-20H2,1-2H3,(H,28,31). The molecule has 1 amide bonds. The van der Waals surface area contributed by atoms with E-state index in [9.17, 15) is 13.2 Å². The van der Waals surface area contributed by atoms with Crippen molar-refractivity contribution < 1.29 is 13.2 Å². The van der Waals surface area contributed by atoms with Crippen LogP contribution in [-0.2, 0) is 14.8 Å². The Kier molecular flexibility index (Phi) is 7.22. The lowest BCUT2D eigenvalue weighted by Crippen LogP contribution is -2.38. The fraction of sp³-hybridized carbons (Fsp3) is 0.296. The van der Waals surface area contributed by atoms with E-state index in [1.165, 1.54) is 23.6 Å². The predicted molar refractivity (Wildman–Crippen MR) is 138 cm³/mol. The van der Waals surface area contributed by atoms with E-state index in [1.54, 1.807) is 36.4 Å². The maximum absolute atomic E-state index is 13.5. The van der Waals surface area contributed by atoms with Crippen LogP contribution in [0.5, 0.6) is 0 Å². The normalized spacial score (nSPS) is 14.0. The molecule has 34 heavy (non-hydrogen) atoms. The van der Waals surface area contributed by atoms with Crippen molar-refractivity contribution in [2.45, 2.75) is 38.0 Å². The topological polar surface area (TPSA) is 69.7 Å². The van der Waals surface area contributed by atoms with Crippen LogP contribution in [-0.4, -0.2) is 34.0 Å². The minimum atomic E-state index is -3.94. The Morgan fingerprint density at radius 3 is 2.24 bits per heavy atom. The Bertz CT molecular complexity index is 1240. The number of anilines is 3. The molecule has 1 aliphatic rings. The Labute approximate surface area is 202 Å². The molecule has 6 nitrogen and oxygen atoms in total. The average Bonchev–Trinajstić information content (AvgIpc) is 2.86. The van der Waals surface area contributed by atoms with Crippen LogP contribution >= 0.6 is 0 Å². The molecule has 0 atom stereocenters. The molecule has 178 valence electrons. The van der Waals surface area contributed by atoms with Gasteiger partial charge in [-0.05, 0) is 86.7 Å². The molecule has 0 bridgehead atoms. The summed E-state index contributed by atoms with van der Waals surface area (Å²) < 4.78 is 28.3. The fourth-order valence-corrected chi connectivity index (χ4v) is 5.76. The summed E-state index contributed by atoms with van der Waals surface area (Å²) >= 11 is 0. The summed E-state index contributed by atoms with van der Waals surface area (Å²) in [6.45, 7) is 5.57. The predicted octanol–water partition coefficient (Wildman–Crippen LogP) is 5.13. The van der Waals surface area contributed by atoms with Gasteiger partial charge in [-0.2, -0.15) is 0 Å². The molecule has 1 fully saturated rings. The van der Waals surface area contributed by atoms with Crippen LogP contribution in [0, 0.1) is 13.8 Å². The minimum Gasteiger partial charge on any atom is -0.372 e. The Morgan fingerprint density at radius 1 is 0.882 bits per heavy atom. The van der Waals surface area contributed by atoms with Gasteiger partial charge in [0.25, 0.3) is 10.0 Å². The number of aryl methyl sites for hydroxylation is 1. The molecule has 1 heterocycles. The molecule has 3 aromatic carbocycles. The second kappa shape index (κ2) is 10.3. The number of piperidine rings is 1. The highest BCUT2D eigenvalue weighted by Crippen LogP contribution is 2.29. The van der Waals surface area contributed by atoms with Crippen molar-refractivity contribution in [1.82, 2.24) is 0 Å². The Balaban J connectivity index is 1.56. The first-order valence-corrected chi connectivity index (χ1v) is 13.1. The van der Waals surface area contributed by atoms with Crippen LogP contribution in [0.4, 0.5) is 17.1 Å². The van der Waals surface area contributed by atoms with Crippen LogP contribution in [0.15, 0.2) is 77.7 Å². The fourth-order valence-electron chi connectivity index (χ4n) is 4.26. The summed E-state index contributed by atoms with van der Waals surface area (Å²) in [5.41, 5.74) is 4.06. The van der Waals surface area contributed by atoms with Crippen molar-refractivity contribution in [3.05, 3.63) is 83.9 Å². The van der Waals surface area contributed by atoms with Crippen LogP contribution in [0.3, 0.4) is 0 Å². The van der Waals surface area contributed by atoms with Crippen molar-refractivity contribution in [3.8, 4) is 0 Å². The number of hydrogen-bond donors (Lipinski definition) is 1. The van der Waals surface area contributed by atoms with Gasteiger partial charge in [-0.25, -0.2) is 8.42 Å². The monoisotopic (exact) mass is 477 g/mol. The molecular weight excluding hydrogens is 446 g/mol. The minimum absolute atomic E-state index is 0.148. The molecule has 3 aromatic rings. The summed E-state index contributed by atoms with van der Waals surface area (Å²) in [5, 5.41) is 2.87. The first kappa shape index (κ1) is 23.8. The van der Waals surface area contributed by atoms with E-state index in [1.807, 2.05) is 50.2 Å². The van der Waals surface area contributed by atoms with Crippen molar-refractivity contribution >= 4 is 33.0 Å². The molecule has 4 rings (SSSR count). The molecule has 0 aromatic heterocycles. The maximum atomic E-state index is 13.5. The number of carbonyl (C=O) groups excluding carboxylic acids is 1. The van der Waals surface area contributed by atoms with Crippen LogP contribution in [0.25, 0.3) is 0 Å². The van der Waals surface area contributed by atoms with Gasteiger partial charge < -0.3 is 10.2 Å². The van der Waals surface area contributed by atoms with Gasteiger partial charge in [0, 0.05) is 24.5 Å². The summed E-state index contributed by atoms with van der Waals surface area (Å²) in [7, 11) is -3.94. The second-order valence-corrected chi connectivity index (χ2v) is 10.5. The Morgan fingerprint density at radius 2 is 1.56 bits per heavy atom. The van der Waals surface area contributed by atoms with Crippen molar-refractivity contribution in [2.24, 2.45) is 0 Å². The zero-order chi connectivity index (χ0) is 24.1. The van der Waals surface area contributed by atoms with E-state index in [0.717, 1.165) is 29.9 Å². The van der Waals surface area contributed by atoms with Crippen molar-refractivity contribution in [2.75, 3.05) is 34.2 Å². The zero-order valence-electron chi connectivity index (χ0n) is 19.7. The van der Waals surface area contributed by atoms with Gasteiger partial charge in [0.2, 0.25) is 5.91 Å². The summed E-state index contributed by atoms with van der Waals surface area (Å²) in [5.74, 6) is -0.397. The largest absolute Gasteiger partial charge is 0.372 e. The van der Waals surface area contributed by atoms with E-state index in [4.69, 9.17) is 0 Å². The summed E-state index contributed by atoms with van der Waals surface area (Å²) in [6.07, 6.45) is 3.67. The molecular formula is C27H31N3O3S. The van der Waals surface area contributed by atoms with Gasteiger partial charge in [-0.3, -0.25) is 9.10 Å². The van der Waals surface area contributed by atoms with Gasteiger partial charge in [0.05, 0.1) is 10.6 Å². The van der Waals surface area contributed by atoms with Crippen molar-refractivity contribution in [3.63, 3.8) is 0 Å². The third-order valence-corrected chi connectivity index (χ3v) is 8.11. The molecule has 0 saturated carbocycles. The third kappa shape index (κ3) is 5.25. The lowest BCUT2D eigenvalue weighted by atomic mass is 10.1.